The molecule has 3 atom stereocenters. The van der Waals surface area contributed by atoms with Crippen molar-refractivity contribution >= 4 is 5.91 Å². The van der Waals surface area contributed by atoms with E-state index in [4.69, 9.17) is 10.8 Å². The van der Waals surface area contributed by atoms with Crippen molar-refractivity contribution in [3.63, 3.8) is 0 Å². The lowest BCUT2D eigenvalue weighted by atomic mass is 10.0. The maximum absolute atomic E-state index is 11.7. The van der Waals surface area contributed by atoms with Gasteiger partial charge < -0.3 is 15.7 Å². The second-order valence-corrected chi connectivity index (χ2v) is 4.28. The van der Waals surface area contributed by atoms with Crippen molar-refractivity contribution in [3.8, 4) is 0 Å². The zero-order valence-electron chi connectivity index (χ0n) is 8.94. The summed E-state index contributed by atoms with van der Waals surface area (Å²) in [7, 11) is 0. The molecule has 0 aromatic heterocycles. The Balaban J connectivity index is 2.55. The smallest absolute Gasteiger partial charge is 0.224 e. The van der Waals surface area contributed by atoms with Crippen LogP contribution in [0.1, 0.15) is 26.7 Å². The number of carbonyl (C=O) groups is 1. The minimum absolute atomic E-state index is 0.00116. The maximum atomic E-state index is 11.7. The Kier molecular flexibility index (Phi) is 3.89. The van der Waals surface area contributed by atoms with Gasteiger partial charge in [-0.1, -0.05) is 6.92 Å². The highest BCUT2D eigenvalue weighted by Gasteiger charge is 2.33. The fraction of sp³-hybridized carbons (Fsp3) is 0.900. The van der Waals surface area contributed by atoms with Crippen molar-refractivity contribution in [2.24, 2.45) is 11.7 Å². The zero-order chi connectivity index (χ0) is 10.7. The van der Waals surface area contributed by atoms with Crippen molar-refractivity contribution in [2.75, 3.05) is 13.2 Å². The van der Waals surface area contributed by atoms with E-state index in [0.29, 0.717) is 12.3 Å². The Morgan fingerprint density at radius 3 is 2.86 bits per heavy atom. The van der Waals surface area contributed by atoms with Gasteiger partial charge in [0.05, 0.1) is 12.6 Å². The summed E-state index contributed by atoms with van der Waals surface area (Å²) in [5.74, 6) is 0.473. The van der Waals surface area contributed by atoms with Crippen molar-refractivity contribution in [3.05, 3.63) is 0 Å². The highest BCUT2D eigenvalue weighted by atomic mass is 16.3. The van der Waals surface area contributed by atoms with Crippen LogP contribution in [0.3, 0.4) is 0 Å². The Morgan fingerprint density at radius 1 is 1.71 bits per heavy atom. The molecular weight excluding hydrogens is 180 g/mol. The highest BCUT2D eigenvalue weighted by Crippen LogP contribution is 2.24. The zero-order valence-corrected chi connectivity index (χ0v) is 8.94. The lowest BCUT2D eigenvalue weighted by molar-refractivity contribution is -0.133. The van der Waals surface area contributed by atoms with Crippen LogP contribution in [0.5, 0.6) is 0 Å². The van der Waals surface area contributed by atoms with E-state index in [0.717, 1.165) is 13.0 Å². The van der Waals surface area contributed by atoms with Gasteiger partial charge in [0.1, 0.15) is 0 Å². The number of likely N-dealkylation sites (tertiary alicyclic amines) is 1. The van der Waals surface area contributed by atoms with Crippen LogP contribution < -0.4 is 5.73 Å². The normalized spacial score (nSPS) is 29.3. The molecule has 1 fully saturated rings. The average Bonchev–Trinajstić information content (AvgIpc) is 2.45. The molecule has 3 unspecified atom stereocenters. The van der Waals surface area contributed by atoms with Crippen LogP contribution in [0.15, 0.2) is 0 Å². The lowest BCUT2D eigenvalue weighted by Gasteiger charge is -2.25. The van der Waals surface area contributed by atoms with E-state index in [1.165, 1.54) is 0 Å². The first-order chi connectivity index (χ1) is 6.56. The largest absolute Gasteiger partial charge is 0.394 e. The summed E-state index contributed by atoms with van der Waals surface area (Å²) in [6, 6.07) is -0.0981. The van der Waals surface area contributed by atoms with Crippen molar-refractivity contribution < 1.29 is 9.90 Å². The molecule has 82 valence electrons. The summed E-state index contributed by atoms with van der Waals surface area (Å²) < 4.78 is 0. The van der Waals surface area contributed by atoms with Gasteiger partial charge in [0.25, 0.3) is 0 Å². The minimum atomic E-state index is -0.0993. The summed E-state index contributed by atoms with van der Waals surface area (Å²) in [5.41, 5.74) is 5.57. The van der Waals surface area contributed by atoms with E-state index in [1.54, 1.807) is 4.90 Å². The summed E-state index contributed by atoms with van der Waals surface area (Å²) in [6.45, 7) is 4.72. The molecule has 0 aliphatic carbocycles. The van der Waals surface area contributed by atoms with Crippen LogP contribution in [-0.2, 0) is 4.79 Å². The molecule has 1 rings (SSSR count). The summed E-state index contributed by atoms with van der Waals surface area (Å²) in [5, 5.41) is 9.16. The number of hydrogen-bond acceptors (Lipinski definition) is 3. The first-order valence-corrected chi connectivity index (χ1v) is 5.22. The van der Waals surface area contributed by atoms with Crippen LogP contribution in [0.2, 0.25) is 0 Å². The molecule has 0 saturated carbocycles. The van der Waals surface area contributed by atoms with Gasteiger partial charge in [-0.2, -0.15) is 0 Å². The summed E-state index contributed by atoms with van der Waals surface area (Å²) in [4.78, 5) is 13.5. The van der Waals surface area contributed by atoms with Crippen LogP contribution in [-0.4, -0.2) is 41.1 Å². The maximum Gasteiger partial charge on any atom is 0.224 e. The third-order valence-corrected chi connectivity index (χ3v) is 2.89. The third-order valence-electron chi connectivity index (χ3n) is 2.89. The number of aliphatic hydroxyl groups is 1. The Morgan fingerprint density at radius 2 is 2.36 bits per heavy atom. The monoisotopic (exact) mass is 200 g/mol. The third kappa shape index (κ3) is 2.45. The molecule has 4 heteroatoms. The predicted octanol–water partition coefficient (Wildman–Crippen LogP) is -0.0470. The molecule has 0 radical (unpaired) electrons. The van der Waals surface area contributed by atoms with Crippen molar-refractivity contribution in [1.82, 2.24) is 4.90 Å². The molecule has 0 bridgehead atoms. The second kappa shape index (κ2) is 4.75. The topological polar surface area (TPSA) is 66.6 Å². The van der Waals surface area contributed by atoms with E-state index in [1.807, 2.05) is 6.92 Å². The van der Waals surface area contributed by atoms with Gasteiger partial charge in [-0.15, -0.1) is 0 Å². The van der Waals surface area contributed by atoms with Crippen molar-refractivity contribution in [1.29, 1.82) is 0 Å². The van der Waals surface area contributed by atoms with Crippen LogP contribution in [0.4, 0.5) is 0 Å². The van der Waals surface area contributed by atoms with Crippen LogP contribution in [0, 0.1) is 5.92 Å². The van der Waals surface area contributed by atoms with E-state index < -0.39 is 0 Å². The van der Waals surface area contributed by atoms with Crippen molar-refractivity contribution in [2.45, 2.75) is 38.8 Å². The Hall–Kier alpha value is -0.610. The van der Waals surface area contributed by atoms with E-state index in [-0.39, 0.29) is 24.6 Å². The minimum Gasteiger partial charge on any atom is -0.394 e. The Labute approximate surface area is 85.1 Å². The first-order valence-electron chi connectivity index (χ1n) is 5.22. The van der Waals surface area contributed by atoms with Gasteiger partial charge in [0.15, 0.2) is 0 Å². The number of hydrogen-bond donors (Lipinski definition) is 2. The van der Waals surface area contributed by atoms with Gasteiger partial charge >= 0.3 is 0 Å². The molecule has 1 heterocycles. The molecule has 1 saturated heterocycles. The Bertz CT molecular complexity index is 206. The highest BCUT2D eigenvalue weighted by molar-refractivity contribution is 5.77. The number of nitrogens with zero attached hydrogens (tertiary/aromatic N) is 1. The number of carbonyl (C=O) groups excluding carboxylic acids is 1. The van der Waals surface area contributed by atoms with Crippen LogP contribution >= 0.6 is 0 Å². The molecule has 1 aliphatic heterocycles. The number of rotatable bonds is 3. The van der Waals surface area contributed by atoms with Gasteiger partial charge in [-0.25, -0.2) is 0 Å². The number of nitrogens with two attached hydrogens (primary N) is 1. The lowest BCUT2D eigenvalue weighted by Crippen LogP contribution is -2.41. The number of aliphatic hydroxyl groups excluding tert-OH is 1. The predicted molar refractivity (Wildman–Crippen MR) is 54.6 cm³/mol. The number of amides is 1. The van der Waals surface area contributed by atoms with Gasteiger partial charge in [0, 0.05) is 19.0 Å². The molecule has 0 aromatic carbocycles. The van der Waals surface area contributed by atoms with Crippen LogP contribution in [0.25, 0.3) is 0 Å². The standard InChI is InChI=1S/C10H20N2O2/c1-7-3-4-12(9(7)6-13)10(14)5-8(2)11/h7-9,13H,3-6,11H2,1-2H3. The molecule has 0 aromatic rings. The first kappa shape index (κ1) is 11.5. The molecule has 1 amide bonds. The summed E-state index contributed by atoms with van der Waals surface area (Å²) in [6.07, 6.45) is 1.36. The molecule has 1 aliphatic rings. The van der Waals surface area contributed by atoms with Gasteiger partial charge in [-0.05, 0) is 19.3 Å². The van der Waals surface area contributed by atoms with Gasteiger partial charge in [-0.3, -0.25) is 4.79 Å². The second-order valence-electron chi connectivity index (χ2n) is 4.28. The molecule has 4 nitrogen and oxygen atoms in total. The van der Waals surface area contributed by atoms with E-state index >= 15 is 0 Å². The van der Waals surface area contributed by atoms with E-state index in [2.05, 4.69) is 6.92 Å². The average molecular weight is 200 g/mol. The fourth-order valence-corrected chi connectivity index (χ4v) is 1.99. The molecule has 3 N–H and O–H groups in total. The fourth-order valence-electron chi connectivity index (χ4n) is 1.99. The molecule has 0 spiro atoms. The van der Waals surface area contributed by atoms with E-state index in [9.17, 15) is 4.79 Å². The molecule has 14 heavy (non-hydrogen) atoms. The summed E-state index contributed by atoms with van der Waals surface area (Å²) >= 11 is 0. The molecular formula is C10H20N2O2. The quantitative estimate of drug-likeness (QED) is 0.671. The SMILES string of the molecule is CC(N)CC(=O)N1CCC(C)C1CO. The van der Waals surface area contributed by atoms with Gasteiger partial charge in [0.2, 0.25) is 5.91 Å².